The maximum absolute atomic E-state index is 11.5. The summed E-state index contributed by atoms with van der Waals surface area (Å²) in [5, 5.41) is 4.41. The first-order valence-corrected chi connectivity index (χ1v) is 7.40. The maximum atomic E-state index is 11.5. The molecule has 2 rings (SSSR count). The molecule has 0 radical (unpaired) electrons. The average molecular weight is 277 g/mol. The summed E-state index contributed by atoms with van der Waals surface area (Å²) >= 11 is 6.07. The van der Waals surface area contributed by atoms with E-state index in [1.54, 1.807) is 13.8 Å². The fraction of sp³-hybridized carbons (Fsp3) is 0.600. The van der Waals surface area contributed by atoms with Gasteiger partial charge in [0.2, 0.25) is 0 Å². The number of rotatable bonds is 2. The van der Waals surface area contributed by atoms with Gasteiger partial charge in [0.05, 0.1) is 28.3 Å². The van der Waals surface area contributed by atoms with Crippen LogP contribution < -0.4 is 0 Å². The van der Waals surface area contributed by atoms with E-state index in [0.29, 0.717) is 24.0 Å². The van der Waals surface area contributed by atoms with Gasteiger partial charge in [-0.15, -0.1) is 0 Å². The minimum absolute atomic E-state index is 0.0130. The Balaban J connectivity index is 2.52. The maximum Gasteiger partial charge on any atom is 0.155 e. The summed E-state index contributed by atoms with van der Waals surface area (Å²) in [4.78, 5) is 10.9. The lowest BCUT2D eigenvalue weighted by Gasteiger charge is -2.23. The van der Waals surface area contributed by atoms with Crippen LogP contribution in [0.15, 0.2) is 0 Å². The van der Waals surface area contributed by atoms with Gasteiger partial charge in [0, 0.05) is 0 Å². The van der Waals surface area contributed by atoms with Gasteiger partial charge >= 0.3 is 0 Å². The average Bonchev–Trinajstić information content (AvgIpc) is 2.66. The fourth-order valence-corrected chi connectivity index (χ4v) is 4.70. The Hall–Kier alpha value is -0.880. The van der Waals surface area contributed by atoms with Crippen molar-refractivity contribution < 1.29 is 13.2 Å². The van der Waals surface area contributed by atoms with E-state index in [0.717, 1.165) is 0 Å². The minimum Gasteiger partial charge on any atom is -0.298 e. The van der Waals surface area contributed by atoms with E-state index in [-0.39, 0.29) is 16.7 Å². The Morgan fingerprint density at radius 1 is 1.53 bits per heavy atom. The second-order valence-corrected chi connectivity index (χ2v) is 7.20. The number of halogens is 1. The van der Waals surface area contributed by atoms with Crippen LogP contribution in [0.3, 0.4) is 0 Å². The van der Waals surface area contributed by atoms with Crippen molar-refractivity contribution in [2.45, 2.75) is 25.8 Å². The predicted molar refractivity (Wildman–Crippen MR) is 64.3 cm³/mol. The van der Waals surface area contributed by atoms with Crippen LogP contribution in [0, 0.1) is 6.92 Å². The van der Waals surface area contributed by atoms with Crippen LogP contribution in [0.5, 0.6) is 0 Å². The molecular formula is C10H13ClN2O3S. The van der Waals surface area contributed by atoms with Crippen LogP contribution in [-0.2, 0) is 15.4 Å². The highest BCUT2D eigenvalue weighted by molar-refractivity contribution is 7.91. The molecule has 5 nitrogen and oxygen atoms in total. The molecular weight excluding hydrogens is 264 g/mol. The largest absolute Gasteiger partial charge is 0.298 e. The molecule has 2 heterocycles. The highest BCUT2D eigenvalue weighted by atomic mass is 35.5. The Bertz CT molecular complexity index is 579. The number of carbonyl (C=O) groups excluding carboxylic acids is 1. The van der Waals surface area contributed by atoms with Gasteiger partial charge in [-0.1, -0.05) is 11.6 Å². The number of carbonyl (C=O) groups is 1. The summed E-state index contributed by atoms with van der Waals surface area (Å²) < 4.78 is 24.5. The molecule has 0 spiro atoms. The minimum atomic E-state index is -3.04. The highest BCUT2D eigenvalue weighted by Gasteiger charge is 2.42. The SMILES string of the molecule is Cc1nn(C2(C)CCS(=O)(=O)C2)c(Cl)c1C=O. The Morgan fingerprint density at radius 2 is 2.18 bits per heavy atom. The molecule has 0 aliphatic carbocycles. The highest BCUT2D eigenvalue weighted by Crippen LogP contribution is 2.34. The lowest BCUT2D eigenvalue weighted by atomic mass is 10.0. The first-order valence-electron chi connectivity index (χ1n) is 5.20. The van der Waals surface area contributed by atoms with Gasteiger partial charge in [0.15, 0.2) is 16.1 Å². The second kappa shape index (κ2) is 3.81. The third-order valence-corrected chi connectivity index (χ3v) is 5.41. The summed E-state index contributed by atoms with van der Waals surface area (Å²) in [6, 6.07) is 0. The molecule has 1 aromatic rings. The Kier molecular flexibility index (Phi) is 2.82. The van der Waals surface area contributed by atoms with Crippen molar-refractivity contribution >= 4 is 27.7 Å². The number of hydrogen-bond acceptors (Lipinski definition) is 4. The van der Waals surface area contributed by atoms with Crippen molar-refractivity contribution in [2.24, 2.45) is 0 Å². The van der Waals surface area contributed by atoms with Crippen molar-refractivity contribution in [3.8, 4) is 0 Å². The first-order chi connectivity index (χ1) is 7.79. The summed E-state index contributed by atoms with van der Waals surface area (Å²) in [5.74, 6) is 0.147. The quantitative estimate of drug-likeness (QED) is 0.761. The standard InChI is InChI=1S/C10H13ClN2O3S/c1-7-8(5-14)9(11)13(12-7)10(2)3-4-17(15,16)6-10/h5H,3-4,6H2,1-2H3. The van der Waals surface area contributed by atoms with Crippen LogP contribution in [0.2, 0.25) is 5.15 Å². The molecule has 0 saturated carbocycles. The predicted octanol–water partition coefficient (Wildman–Crippen LogP) is 1.19. The number of aromatic nitrogens is 2. The molecule has 1 aromatic heterocycles. The van der Waals surface area contributed by atoms with Crippen molar-refractivity contribution in [1.29, 1.82) is 0 Å². The van der Waals surface area contributed by atoms with E-state index in [2.05, 4.69) is 5.10 Å². The van der Waals surface area contributed by atoms with Gasteiger partial charge in [-0.25, -0.2) is 13.1 Å². The smallest absolute Gasteiger partial charge is 0.155 e. The molecule has 1 saturated heterocycles. The summed E-state index contributed by atoms with van der Waals surface area (Å²) in [6.07, 6.45) is 1.11. The van der Waals surface area contributed by atoms with Gasteiger partial charge in [-0.2, -0.15) is 5.10 Å². The van der Waals surface area contributed by atoms with E-state index in [1.807, 2.05) is 0 Å². The van der Waals surface area contributed by atoms with Crippen molar-refractivity contribution in [2.75, 3.05) is 11.5 Å². The Morgan fingerprint density at radius 3 is 2.59 bits per heavy atom. The topological polar surface area (TPSA) is 69.0 Å². The zero-order valence-corrected chi connectivity index (χ0v) is 11.2. The zero-order valence-electron chi connectivity index (χ0n) is 9.60. The van der Waals surface area contributed by atoms with Crippen LogP contribution in [0.4, 0.5) is 0 Å². The third-order valence-electron chi connectivity index (χ3n) is 3.16. The van der Waals surface area contributed by atoms with Crippen LogP contribution in [0.1, 0.15) is 29.4 Å². The fourth-order valence-electron chi connectivity index (χ4n) is 2.16. The van der Waals surface area contributed by atoms with Gasteiger partial charge in [0.25, 0.3) is 0 Å². The molecule has 0 aromatic carbocycles. The summed E-state index contributed by atoms with van der Waals surface area (Å²) in [5.41, 5.74) is 0.204. The molecule has 0 amide bonds. The number of aldehydes is 1. The van der Waals surface area contributed by atoms with Crippen LogP contribution >= 0.6 is 11.6 Å². The van der Waals surface area contributed by atoms with Crippen LogP contribution in [0.25, 0.3) is 0 Å². The van der Waals surface area contributed by atoms with Gasteiger partial charge in [-0.3, -0.25) is 4.79 Å². The van der Waals surface area contributed by atoms with Gasteiger partial charge in [-0.05, 0) is 20.3 Å². The van der Waals surface area contributed by atoms with Crippen molar-refractivity contribution in [3.63, 3.8) is 0 Å². The lowest BCUT2D eigenvalue weighted by Crippen LogP contribution is -2.32. The lowest BCUT2D eigenvalue weighted by molar-refractivity contribution is 0.112. The monoisotopic (exact) mass is 276 g/mol. The van der Waals surface area contributed by atoms with E-state index in [1.165, 1.54) is 4.68 Å². The molecule has 17 heavy (non-hydrogen) atoms. The van der Waals surface area contributed by atoms with Crippen molar-refractivity contribution in [1.82, 2.24) is 9.78 Å². The number of aryl methyl sites for hydroxylation is 1. The molecule has 94 valence electrons. The molecule has 1 unspecified atom stereocenters. The molecule has 1 aliphatic rings. The molecule has 1 fully saturated rings. The Labute approximate surface area is 105 Å². The molecule has 1 aliphatic heterocycles. The van der Waals surface area contributed by atoms with Gasteiger partial charge < -0.3 is 0 Å². The summed E-state index contributed by atoms with van der Waals surface area (Å²) in [6.45, 7) is 3.48. The van der Waals surface area contributed by atoms with Crippen molar-refractivity contribution in [3.05, 3.63) is 16.4 Å². The number of sulfone groups is 1. The zero-order chi connectivity index (χ0) is 12.8. The second-order valence-electron chi connectivity index (χ2n) is 4.66. The molecule has 0 bridgehead atoms. The molecule has 1 atom stereocenters. The number of hydrogen-bond donors (Lipinski definition) is 0. The number of nitrogens with zero attached hydrogens (tertiary/aromatic N) is 2. The van der Waals surface area contributed by atoms with E-state index >= 15 is 0 Å². The summed E-state index contributed by atoms with van der Waals surface area (Å²) in [7, 11) is -3.04. The molecule has 0 N–H and O–H groups in total. The van der Waals surface area contributed by atoms with E-state index in [4.69, 9.17) is 11.6 Å². The molecule has 7 heteroatoms. The van der Waals surface area contributed by atoms with Gasteiger partial charge in [0.1, 0.15) is 5.15 Å². The van der Waals surface area contributed by atoms with E-state index in [9.17, 15) is 13.2 Å². The third kappa shape index (κ3) is 1.99. The normalized spacial score (nSPS) is 27.2. The van der Waals surface area contributed by atoms with Crippen LogP contribution in [-0.4, -0.2) is 36.0 Å². The first kappa shape index (κ1) is 12.6. The van der Waals surface area contributed by atoms with E-state index < -0.39 is 15.4 Å².